The van der Waals surface area contributed by atoms with Gasteiger partial charge in [0.2, 0.25) is 0 Å². The fraction of sp³-hybridized carbons (Fsp3) is 0.214. The second-order valence-corrected chi connectivity index (χ2v) is 4.88. The Labute approximate surface area is 113 Å². The number of thioether (sulfide) groups is 1. The number of pyridine rings is 1. The fourth-order valence-corrected chi connectivity index (χ4v) is 2.46. The number of aryl methyl sites for hydroxylation is 2. The van der Waals surface area contributed by atoms with Crippen LogP contribution in [0.3, 0.4) is 0 Å². The zero-order chi connectivity index (χ0) is 11.4. The summed E-state index contributed by atoms with van der Waals surface area (Å²) in [4.78, 5) is 4.31. The molecule has 0 amide bonds. The van der Waals surface area contributed by atoms with E-state index < -0.39 is 0 Å². The first-order valence-corrected chi connectivity index (χ1v) is 6.34. The molecule has 0 atom stereocenters. The third-order valence-electron chi connectivity index (χ3n) is 2.52. The van der Waals surface area contributed by atoms with Crippen LogP contribution in [-0.4, -0.2) is 4.98 Å². The van der Waals surface area contributed by atoms with E-state index in [-0.39, 0.29) is 12.4 Å². The number of aromatic nitrogens is 1. The van der Waals surface area contributed by atoms with Crippen molar-refractivity contribution in [3.63, 3.8) is 0 Å². The maximum absolute atomic E-state index is 4.31. The third-order valence-corrected chi connectivity index (χ3v) is 3.51. The highest BCUT2D eigenvalue weighted by Gasteiger charge is 2.00. The molecule has 2 rings (SSSR count). The Balaban J connectivity index is 0.00000144. The van der Waals surface area contributed by atoms with E-state index in [0.717, 1.165) is 10.8 Å². The number of rotatable bonds is 3. The van der Waals surface area contributed by atoms with Crippen LogP contribution in [0.4, 0.5) is 0 Å². The van der Waals surface area contributed by atoms with Gasteiger partial charge >= 0.3 is 0 Å². The molecule has 1 aromatic carbocycles. The minimum Gasteiger partial charge on any atom is -0.250 e. The van der Waals surface area contributed by atoms with E-state index in [1.807, 2.05) is 18.3 Å². The Morgan fingerprint density at radius 3 is 2.65 bits per heavy atom. The molecule has 90 valence electrons. The summed E-state index contributed by atoms with van der Waals surface area (Å²) in [7, 11) is 0. The van der Waals surface area contributed by atoms with Gasteiger partial charge in [-0.25, -0.2) is 4.98 Å². The lowest BCUT2D eigenvalue weighted by molar-refractivity contribution is 1.13. The van der Waals surface area contributed by atoms with Crippen molar-refractivity contribution in [2.24, 2.45) is 0 Å². The molecule has 0 bridgehead atoms. The van der Waals surface area contributed by atoms with Crippen molar-refractivity contribution >= 4 is 24.2 Å². The van der Waals surface area contributed by atoms with Crippen molar-refractivity contribution in [3.05, 3.63) is 59.3 Å². The smallest absolute Gasteiger partial charge is 0.0963 e. The van der Waals surface area contributed by atoms with Crippen LogP contribution >= 0.6 is 24.2 Å². The van der Waals surface area contributed by atoms with E-state index in [9.17, 15) is 0 Å². The van der Waals surface area contributed by atoms with Crippen molar-refractivity contribution in [1.29, 1.82) is 0 Å². The first kappa shape index (κ1) is 14.1. The highest BCUT2D eigenvalue weighted by Crippen LogP contribution is 2.22. The first-order chi connectivity index (χ1) is 7.75. The molecule has 1 aromatic heterocycles. The Morgan fingerprint density at radius 1 is 1.12 bits per heavy atom. The van der Waals surface area contributed by atoms with Gasteiger partial charge in [0.05, 0.1) is 5.03 Å². The van der Waals surface area contributed by atoms with Crippen LogP contribution in [0.2, 0.25) is 0 Å². The second-order valence-electron chi connectivity index (χ2n) is 3.89. The zero-order valence-electron chi connectivity index (χ0n) is 10.0. The van der Waals surface area contributed by atoms with Gasteiger partial charge in [-0.05, 0) is 37.1 Å². The lowest BCUT2D eigenvalue weighted by Crippen LogP contribution is -1.88. The SMILES string of the molecule is Cc1ccc(C)c(CSc2ccccn2)c1.Cl. The van der Waals surface area contributed by atoms with Crippen LogP contribution in [0.15, 0.2) is 47.6 Å². The largest absolute Gasteiger partial charge is 0.250 e. The maximum atomic E-state index is 4.31. The molecule has 1 nitrogen and oxygen atoms in total. The van der Waals surface area contributed by atoms with E-state index in [1.54, 1.807) is 11.8 Å². The van der Waals surface area contributed by atoms with Gasteiger partial charge in [0.25, 0.3) is 0 Å². The third kappa shape index (κ3) is 4.06. The van der Waals surface area contributed by atoms with E-state index in [2.05, 4.69) is 43.1 Å². The number of benzene rings is 1. The molecule has 0 aliphatic carbocycles. The molecule has 0 radical (unpaired) electrons. The van der Waals surface area contributed by atoms with Gasteiger partial charge in [-0.15, -0.1) is 24.2 Å². The summed E-state index contributed by atoms with van der Waals surface area (Å²) in [5, 5.41) is 1.09. The number of nitrogens with zero attached hydrogens (tertiary/aromatic N) is 1. The minimum atomic E-state index is 0. The Kier molecular flexibility index (Phi) is 5.52. The summed E-state index contributed by atoms with van der Waals surface area (Å²) in [5.41, 5.74) is 4.08. The van der Waals surface area contributed by atoms with Crippen LogP contribution in [0.1, 0.15) is 16.7 Å². The normalized spacial score (nSPS) is 9.76. The summed E-state index contributed by atoms with van der Waals surface area (Å²) >= 11 is 1.79. The average Bonchev–Trinajstić information content (AvgIpc) is 2.32. The summed E-state index contributed by atoms with van der Waals surface area (Å²) < 4.78 is 0. The molecule has 0 saturated carbocycles. The van der Waals surface area contributed by atoms with Crippen molar-refractivity contribution in [3.8, 4) is 0 Å². The fourth-order valence-electron chi connectivity index (χ4n) is 1.54. The van der Waals surface area contributed by atoms with Crippen molar-refractivity contribution in [2.45, 2.75) is 24.6 Å². The zero-order valence-corrected chi connectivity index (χ0v) is 11.6. The quantitative estimate of drug-likeness (QED) is 0.763. The van der Waals surface area contributed by atoms with Gasteiger partial charge in [-0.1, -0.05) is 29.8 Å². The van der Waals surface area contributed by atoms with Gasteiger partial charge in [-0.2, -0.15) is 0 Å². The molecule has 0 saturated heterocycles. The summed E-state index contributed by atoms with van der Waals surface area (Å²) in [6, 6.07) is 12.6. The van der Waals surface area contributed by atoms with Gasteiger partial charge in [0.15, 0.2) is 0 Å². The average molecular weight is 266 g/mol. The summed E-state index contributed by atoms with van der Waals surface area (Å²) in [5.74, 6) is 0.991. The van der Waals surface area contributed by atoms with E-state index in [4.69, 9.17) is 0 Å². The van der Waals surface area contributed by atoms with E-state index in [0.29, 0.717) is 0 Å². The summed E-state index contributed by atoms with van der Waals surface area (Å²) in [6.45, 7) is 4.29. The lowest BCUT2D eigenvalue weighted by Gasteiger charge is -2.06. The van der Waals surface area contributed by atoms with Crippen molar-refractivity contribution in [2.75, 3.05) is 0 Å². The van der Waals surface area contributed by atoms with Crippen LogP contribution in [0.5, 0.6) is 0 Å². The summed E-state index contributed by atoms with van der Waals surface area (Å²) in [6.07, 6.45) is 1.84. The molecule has 1 heterocycles. The highest BCUT2D eigenvalue weighted by atomic mass is 35.5. The van der Waals surface area contributed by atoms with Crippen LogP contribution in [0, 0.1) is 13.8 Å². The second kappa shape index (κ2) is 6.67. The van der Waals surface area contributed by atoms with Crippen LogP contribution in [0.25, 0.3) is 0 Å². The number of halogens is 1. The van der Waals surface area contributed by atoms with Gasteiger partial charge in [-0.3, -0.25) is 0 Å². The molecule has 0 N–H and O–H groups in total. The first-order valence-electron chi connectivity index (χ1n) is 5.35. The molecular formula is C14H16ClNS. The van der Waals surface area contributed by atoms with Gasteiger partial charge in [0, 0.05) is 11.9 Å². The highest BCUT2D eigenvalue weighted by molar-refractivity contribution is 7.98. The van der Waals surface area contributed by atoms with Crippen LogP contribution < -0.4 is 0 Å². The van der Waals surface area contributed by atoms with Gasteiger partial charge in [0.1, 0.15) is 0 Å². The lowest BCUT2D eigenvalue weighted by atomic mass is 10.1. The van der Waals surface area contributed by atoms with E-state index >= 15 is 0 Å². The molecule has 0 unspecified atom stereocenters. The Morgan fingerprint density at radius 2 is 1.94 bits per heavy atom. The molecule has 0 aliphatic heterocycles. The van der Waals surface area contributed by atoms with E-state index in [1.165, 1.54) is 16.7 Å². The topological polar surface area (TPSA) is 12.9 Å². The molecule has 0 spiro atoms. The molecule has 2 aromatic rings. The predicted octanol–water partition coefficient (Wildman–Crippen LogP) is 4.41. The van der Waals surface area contributed by atoms with Crippen molar-refractivity contribution < 1.29 is 0 Å². The van der Waals surface area contributed by atoms with Crippen LogP contribution in [-0.2, 0) is 5.75 Å². The Bertz CT molecular complexity index is 471. The standard InChI is InChI=1S/C14H15NS.ClH/c1-11-6-7-12(2)13(9-11)10-16-14-5-3-4-8-15-14;/h3-9H,10H2,1-2H3;1H. The van der Waals surface area contributed by atoms with Gasteiger partial charge < -0.3 is 0 Å². The molecule has 0 aliphatic rings. The predicted molar refractivity (Wildman–Crippen MR) is 77.0 cm³/mol. The van der Waals surface area contributed by atoms with Crippen molar-refractivity contribution in [1.82, 2.24) is 4.98 Å². The molecular weight excluding hydrogens is 250 g/mol. The molecule has 3 heteroatoms. The molecule has 0 fully saturated rings. The maximum Gasteiger partial charge on any atom is 0.0963 e. The Hall–Kier alpha value is -0.990. The monoisotopic (exact) mass is 265 g/mol. The minimum absolute atomic E-state index is 0. The number of hydrogen-bond acceptors (Lipinski definition) is 2. The number of hydrogen-bond donors (Lipinski definition) is 0. The molecule has 17 heavy (non-hydrogen) atoms.